The highest BCUT2D eigenvalue weighted by Crippen LogP contribution is 2.16. The maximum atomic E-state index is 12.7. The Morgan fingerprint density at radius 3 is 2.10 bits per heavy atom. The molecule has 3 rings (SSSR count). The molecule has 0 saturated carbocycles. The summed E-state index contributed by atoms with van der Waals surface area (Å²) in [4.78, 5) is 12.3. The quantitative estimate of drug-likeness (QED) is 0.348. The molecule has 0 bridgehead atoms. The van der Waals surface area contributed by atoms with E-state index >= 15 is 0 Å². The minimum absolute atomic E-state index is 0.0283. The van der Waals surface area contributed by atoms with Crippen molar-refractivity contribution >= 4 is 16.1 Å². The van der Waals surface area contributed by atoms with Crippen molar-refractivity contribution in [3.05, 3.63) is 102 Å². The van der Waals surface area contributed by atoms with Gasteiger partial charge in [0.1, 0.15) is 12.7 Å². The van der Waals surface area contributed by atoms with Crippen molar-refractivity contribution in [1.82, 2.24) is 0 Å². The van der Waals surface area contributed by atoms with Crippen molar-refractivity contribution in [2.75, 3.05) is 13.2 Å². The average molecular weight is 441 g/mol. The average Bonchev–Trinajstić information content (AvgIpc) is 2.78. The predicted octanol–water partition coefficient (Wildman–Crippen LogP) is 4.14. The van der Waals surface area contributed by atoms with Gasteiger partial charge in [-0.25, -0.2) is 4.79 Å². The fraction of sp³-hybridized carbons (Fsp3) is 0.208. The van der Waals surface area contributed by atoms with E-state index in [1.807, 2.05) is 37.3 Å². The smallest absolute Gasteiger partial charge is 0.338 e. The zero-order valence-electron chi connectivity index (χ0n) is 17.1. The SMILES string of the molecule is Cc1ccc(S(=O)(=O)O[C@H](COCc2ccccc2)COC(=O)c2ccccc2)cc1. The lowest BCUT2D eigenvalue weighted by Crippen LogP contribution is -2.30. The zero-order valence-corrected chi connectivity index (χ0v) is 18.0. The van der Waals surface area contributed by atoms with Gasteiger partial charge in [0.25, 0.3) is 10.1 Å². The molecule has 6 nitrogen and oxygen atoms in total. The van der Waals surface area contributed by atoms with Crippen molar-refractivity contribution in [3.8, 4) is 0 Å². The summed E-state index contributed by atoms with van der Waals surface area (Å²) in [5.74, 6) is -0.565. The summed E-state index contributed by atoms with van der Waals surface area (Å²) in [7, 11) is -4.06. The molecular formula is C24H24O6S. The number of ether oxygens (including phenoxy) is 2. The first-order valence-corrected chi connectivity index (χ1v) is 11.2. The van der Waals surface area contributed by atoms with Gasteiger partial charge in [0.05, 0.1) is 23.7 Å². The molecule has 0 radical (unpaired) electrons. The first-order valence-electron chi connectivity index (χ1n) is 9.78. The van der Waals surface area contributed by atoms with Crippen LogP contribution in [0.4, 0.5) is 0 Å². The van der Waals surface area contributed by atoms with Crippen LogP contribution in [0.15, 0.2) is 89.8 Å². The third-order valence-electron chi connectivity index (χ3n) is 4.40. The van der Waals surface area contributed by atoms with E-state index in [2.05, 4.69) is 0 Å². The first kappa shape index (κ1) is 22.7. The Morgan fingerprint density at radius 2 is 1.45 bits per heavy atom. The summed E-state index contributed by atoms with van der Waals surface area (Å²) in [6.07, 6.45) is -0.998. The van der Waals surface area contributed by atoms with Gasteiger partial charge in [0, 0.05) is 0 Å². The molecule has 0 fully saturated rings. The standard InChI is InChI=1S/C24H24O6S/c1-19-12-14-23(15-13-19)31(26,27)30-22(17-28-16-20-8-4-2-5-9-20)18-29-24(25)21-10-6-3-7-11-21/h2-15,22H,16-18H2,1H3/t22-/m1/s1. The van der Waals surface area contributed by atoms with Gasteiger partial charge < -0.3 is 9.47 Å². The first-order chi connectivity index (χ1) is 14.9. The van der Waals surface area contributed by atoms with Gasteiger partial charge in [-0.15, -0.1) is 0 Å². The summed E-state index contributed by atoms with van der Waals surface area (Å²) in [5.41, 5.74) is 2.23. The molecule has 7 heteroatoms. The Kier molecular flexibility index (Phi) is 7.94. The second-order valence-corrected chi connectivity index (χ2v) is 8.52. The Bertz CT molecular complexity index is 1060. The Morgan fingerprint density at radius 1 is 0.839 bits per heavy atom. The third-order valence-corrected chi connectivity index (χ3v) is 5.77. The van der Waals surface area contributed by atoms with E-state index in [-0.39, 0.29) is 24.7 Å². The molecule has 0 saturated heterocycles. The molecule has 3 aromatic rings. The van der Waals surface area contributed by atoms with Crippen molar-refractivity contribution < 1.29 is 26.9 Å². The van der Waals surface area contributed by atoms with Gasteiger partial charge in [0.2, 0.25) is 0 Å². The predicted molar refractivity (Wildman–Crippen MR) is 116 cm³/mol. The third kappa shape index (κ3) is 7.03. The molecule has 0 aromatic heterocycles. The van der Waals surface area contributed by atoms with Crippen molar-refractivity contribution in [1.29, 1.82) is 0 Å². The zero-order chi connectivity index (χ0) is 22.1. The van der Waals surface area contributed by atoms with Crippen LogP contribution in [-0.2, 0) is 30.4 Å². The molecule has 0 aliphatic carbocycles. The van der Waals surface area contributed by atoms with Crippen LogP contribution in [0.1, 0.15) is 21.5 Å². The van der Waals surface area contributed by atoms with Crippen LogP contribution in [-0.4, -0.2) is 33.7 Å². The number of benzene rings is 3. The Hall–Kier alpha value is -3.00. The number of rotatable bonds is 10. The molecule has 0 unspecified atom stereocenters. The monoisotopic (exact) mass is 440 g/mol. The topological polar surface area (TPSA) is 78.9 Å². The van der Waals surface area contributed by atoms with Crippen LogP contribution >= 0.6 is 0 Å². The summed E-state index contributed by atoms with van der Waals surface area (Å²) >= 11 is 0. The largest absolute Gasteiger partial charge is 0.459 e. The van der Waals surface area contributed by atoms with Crippen LogP contribution in [0.25, 0.3) is 0 Å². The van der Waals surface area contributed by atoms with E-state index in [0.29, 0.717) is 5.56 Å². The van der Waals surface area contributed by atoms with Gasteiger partial charge >= 0.3 is 5.97 Å². The molecule has 31 heavy (non-hydrogen) atoms. The van der Waals surface area contributed by atoms with E-state index in [9.17, 15) is 13.2 Å². The highest BCUT2D eigenvalue weighted by Gasteiger charge is 2.24. The van der Waals surface area contributed by atoms with Crippen LogP contribution in [0.2, 0.25) is 0 Å². The Labute approximate surface area is 182 Å². The maximum Gasteiger partial charge on any atom is 0.338 e. The molecule has 0 heterocycles. The summed E-state index contributed by atoms with van der Waals surface area (Å²) in [5, 5.41) is 0. The van der Waals surface area contributed by atoms with Gasteiger partial charge in [-0.2, -0.15) is 8.42 Å². The lowest BCUT2D eigenvalue weighted by atomic mass is 10.2. The van der Waals surface area contributed by atoms with E-state index in [1.54, 1.807) is 42.5 Å². The molecule has 0 amide bonds. The van der Waals surface area contributed by atoms with Crippen molar-refractivity contribution in [3.63, 3.8) is 0 Å². The minimum atomic E-state index is -4.06. The number of hydrogen-bond donors (Lipinski definition) is 0. The van der Waals surface area contributed by atoms with E-state index in [4.69, 9.17) is 13.7 Å². The molecule has 162 valence electrons. The van der Waals surface area contributed by atoms with E-state index in [0.717, 1.165) is 11.1 Å². The Balaban J connectivity index is 1.66. The second kappa shape index (κ2) is 10.9. The lowest BCUT2D eigenvalue weighted by molar-refractivity contribution is -0.00258. The molecule has 0 spiro atoms. The summed E-state index contributed by atoms with van der Waals surface area (Å²) in [6.45, 7) is 1.80. The van der Waals surface area contributed by atoms with Gasteiger partial charge in [0.15, 0.2) is 0 Å². The van der Waals surface area contributed by atoms with Crippen LogP contribution in [0.5, 0.6) is 0 Å². The van der Waals surface area contributed by atoms with Crippen LogP contribution in [0, 0.1) is 6.92 Å². The molecular weight excluding hydrogens is 416 g/mol. The van der Waals surface area contributed by atoms with Crippen molar-refractivity contribution in [2.45, 2.75) is 24.5 Å². The van der Waals surface area contributed by atoms with Gasteiger partial charge in [-0.1, -0.05) is 66.2 Å². The van der Waals surface area contributed by atoms with E-state index in [1.165, 1.54) is 12.1 Å². The highest BCUT2D eigenvalue weighted by atomic mass is 32.2. The number of esters is 1. The number of carbonyl (C=O) groups is 1. The van der Waals surface area contributed by atoms with E-state index < -0.39 is 22.2 Å². The molecule has 3 aromatic carbocycles. The molecule has 0 aliphatic heterocycles. The summed E-state index contributed by atoms with van der Waals surface area (Å²) in [6, 6.07) is 24.2. The minimum Gasteiger partial charge on any atom is -0.459 e. The normalized spacial score (nSPS) is 12.3. The van der Waals surface area contributed by atoms with Gasteiger partial charge in [-0.05, 0) is 36.8 Å². The summed E-state index contributed by atoms with van der Waals surface area (Å²) < 4.78 is 41.7. The molecule has 0 aliphatic rings. The van der Waals surface area contributed by atoms with Gasteiger partial charge in [-0.3, -0.25) is 4.18 Å². The highest BCUT2D eigenvalue weighted by molar-refractivity contribution is 7.86. The fourth-order valence-electron chi connectivity index (χ4n) is 2.75. The molecule has 0 N–H and O–H groups in total. The lowest BCUT2D eigenvalue weighted by Gasteiger charge is -2.18. The number of aryl methyl sites for hydroxylation is 1. The second-order valence-electron chi connectivity index (χ2n) is 6.95. The number of hydrogen-bond acceptors (Lipinski definition) is 6. The maximum absolute atomic E-state index is 12.7. The number of carbonyl (C=O) groups excluding carboxylic acids is 1. The van der Waals surface area contributed by atoms with Crippen LogP contribution in [0.3, 0.4) is 0 Å². The van der Waals surface area contributed by atoms with Crippen LogP contribution < -0.4 is 0 Å². The van der Waals surface area contributed by atoms with Crippen molar-refractivity contribution in [2.24, 2.45) is 0 Å². The fourth-order valence-corrected chi connectivity index (χ4v) is 3.80. The molecule has 1 atom stereocenters.